The maximum Gasteiger partial charge on any atom is 0.136 e. The van der Waals surface area contributed by atoms with E-state index in [2.05, 4.69) is 5.32 Å². The lowest BCUT2D eigenvalue weighted by Crippen LogP contribution is -2.27. The van der Waals surface area contributed by atoms with Gasteiger partial charge >= 0.3 is 0 Å². The normalized spacial score (nSPS) is 16.3. The Balaban J connectivity index is 1.64. The molecule has 0 atom stereocenters. The predicted molar refractivity (Wildman–Crippen MR) is 72.0 cm³/mol. The molecule has 0 heterocycles. The summed E-state index contributed by atoms with van der Waals surface area (Å²) in [6, 6.07) is 4.29. The standard InChI is InChI=1S/C14H19F2NS/c15-11-6-7-13(16)14(10-11)18-9-3-8-17-12-4-1-2-5-12/h6-7,10,12,17H,1-5,8-9H2. The quantitative estimate of drug-likeness (QED) is 0.620. The maximum absolute atomic E-state index is 13.3. The Morgan fingerprint density at radius 3 is 2.78 bits per heavy atom. The minimum atomic E-state index is -0.372. The van der Waals surface area contributed by atoms with E-state index in [1.807, 2.05) is 0 Å². The van der Waals surface area contributed by atoms with Crippen LogP contribution in [-0.4, -0.2) is 18.3 Å². The molecule has 0 aliphatic heterocycles. The van der Waals surface area contributed by atoms with Crippen molar-refractivity contribution in [3.05, 3.63) is 29.8 Å². The lowest BCUT2D eigenvalue weighted by molar-refractivity contribution is 0.524. The molecule has 0 aromatic heterocycles. The molecule has 1 aromatic carbocycles. The first-order valence-corrected chi connectivity index (χ1v) is 7.55. The first-order chi connectivity index (χ1) is 8.75. The van der Waals surface area contributed by atoms with Crippen LogP contribution in [0.25, 0.3) is 0 Å². The van der Waals surface area contributed by atoms with Crippen molar-refractivity contribution in [3.8, 4) is 0 Å². The highest BCUT2D eigenvalue weighted by Gasteiger charge is 2.13. The van der Waals surface area contributed by atoms with Crippen molar-refractivity contribution < 1.29 is 8.78 Å². The molecule has 0 bridgehead atoms. The highest BCUT2D eigenvalue weighted by atomic mass is 32.2. The Morgan fingerprint density at radius 1 is 1.22 bits per heavy atom. The van der Waals surface area contributed by atoms with Gasteiger partial charge in [0.2, 0.25) is 0 Å². The van der Waals surface area contributed by atoms with E-state index >= 15 is 0 Å². The Bertz CT molecular complexity index is 378. The van der Waals surface area contributed by atoms with Gasteiger partial charge in [0.25, 0.3) is 0 Å². The van der Waals surface area contributed by atoms with Gasteiger partial charge in [-0.1, -0.05) is 12.8 Å². The van der Waals surface area contributed by atoms with Crippen molar-refractivity contribution in [1.82, 2.24) is 5.32 Å². The van der Waals surface area contributed by atoms with Gasteiger partial charge in [-0.2, -0.15) is 0 Å². The van der Waals surface area contributed by atoms with Crippen LogP contribution in [0.1, 0.15) is 32.1 Å². The number of thioether (sulfide) groups is 1. The summed E-state index contributed by atoms with van der Waals surface area (Å²) in [6.45, 7) is 0.967. The summed E-state index contributed by atoms with van der Waals surface area (Å²) in [7, 11) is 0. The smallest absolute Gasteiger partial charge is 0.136 e. The Morgan fingerprint density at radius 2 is 2.00 bits per heavy atom. The summed E-state index contributed by atoms with van der Waals surface area (Å²) < 4.78 is 26.3. The van der Waals surface area contributed by atoms with E-state index in [1.54, 1.807) is 0 Å². The van der Waals surface area contributed by atoms with E-state index in [0.717, 1.165) is 24.8 Å². The summed E-state index contributed by atoms with van der Waals surface area (Å²) in [5, 5.41) is 3.51. The van der Waals surface area contributed by atoms with Crippen molar-refractivity contribution in [3.63, 3.8) is 0 Å². The zero-order valence-corrected chi connectivity index (χ0v) is 11.2. The molecule has 1 nitrogen and oxygen atoms in total. The Kier molecular flexibility index (Phi) is 5.45. The molecule has 1 N–H and O–H groups in total. The van der Waals surface area contributed by atoms with Crippen LogP contribution >= 0.6 is 11.8 Å². The van der Waals surface area contributed by atoms with Crippen LogP contribution < -0.4 is 5.32 Å². The number of hydrogen-bond donors (Lipinski definition) is 1. The average Bonchev–Trinajstić information content (AvgIpc) is 2.86. The van der Waals surface area contributed by atoms with Gasteiger partial charge in [-0.25, -0.2) is 8.78 Å². The van der Waals surface area contributed by atoms with E-state index in [1.165, 1.54) is 49.6 Å². The summed E-state index contributed by atoms with van der Waals surface area (Å²) in [5.41, 5.74) is 0. The van der Waals surface area contributed by atoms with Crippen LogP contribution in [0.5, 0.6) is 0 Å². The average molecular weight is 271 g/mol. The molecule has 1 aliphatic carbocycles. The molecule has 0 spiro atoms. The zero-order valence-electron chi connectivity index (χ0n) is 10.4. The molecule has 2 rings (SSSR count). The van der Waals surface area contributed by atoms with E-state index in [0.29, 0.717) is 10.9 Å². The molecule has 1 saturated carbocycles. The predicted octanol–water partition coefficient (Wildman–Crippen LogP) is 3.98. The lowest BCUT2D eigenvalue weighted by Gasteiger charge is -2.11. The molecule has 4 heteroatoms. The SMILES string of the molecule is Fc1ccc(F)c(SCCCNC2CCCC2)c1. The van der Waals surface area contributed by atoms with Gasteiger partial charge in [-0.15, -0.1) is 11.8 Å². The van der Waals surface area contributed by atoms with Gasteiger partial charge in [0, 0.05) is 10.9 Å². The molecule has 1 fully saturated rings. The summed E-state index contributed by atoms with van der Waals surface area (Å²) in [6.07, 6.45) is 6.22. The second-order valence-electron chi connectivity index (χ2n) is 4.71. The van der Waals surface area contributed by atoms with Gasteiger partial charge in [0.05, 0.1) is 0 Å². The Labute approximate surface area is 111 Å². The van der Waals surface area contributed by atoms with Gasteiger partial charge in [-0.3, -0.25) is 0 Å². The van der Waals surface area contributed by atoms with Gasteiger partial charge < -0.3 is 5.32 Å². The monoisotopic (exact) mass is 271 g/mol. The molecule has 18 heavy (non-hydrogen) atoms. The van der Waals surface area contributed by atoms with Crippen LogP contribution in [0.3, 0.4) is 0 Å². The number of hydrogen-bond acceptors (Lipinski definition) is 2. The number of halogens is 2. The first kappa shape index (κ1) is 13.8. The van der Waals surface area contributed by atoms with Crippen molar-refractivity contribution in [2.24, 2.45) is 0 Å². The third-order valence-electron chi connectivity index (χ3n) is 3.26. The third kappa shape index (κ3) is 4.25. The summed E-state index contributed by atoms with van der Waals surface area (Å²) >= 11 is 1.39. The number of nitrogens with one attached hydrogen (secondary N) is 1. The van der Waals surface area contributed by atoms with Crippen molar-refractivity contribution in [2.45, 2.75) is 43.0 Å². The van der Waals surface area contributed by atoms with Crippen LogP contribution in [0, 0.1) is 11.6 Å². The van der Waals surface area contributed by atoms with E-state index in [9.17, 15) is 8.78 Å². The van der Waals surface area contributed by atoms with E-state index in [4.69, 9.17) is 0 Å². The fraction of sp³-hybridized carbons (Fsp3) is 0.571. The van der Waals surface area contributed by atoms with Gasteiger partial charge in [0.1, 0.15) is 11.6 Å². The second kappa shape index (κ2) is 7.10. The Hall–Kier alpha value is -0.610. The third-order valence-corrected chi connectivity index (χ3v) is 4.38. The van der Waals surface area contributed by atoms with Gasteiger partial charge in [-0.05, 0) is 49.8 Å². The van der Waals surface area contributed by atoms with Crippen LogP contribution in [0.2, 0.25) is 0 Å². The molecular formula is C14H19F2NS. The maximum atomic E-state index is 13.3. The highest BCUT2D eigenvalue weighted by molar-refractivity contribution is 7.99. The molecule has 0 unspecified atom stereocenters. The largest absolute Gasteiger partial charge is 0.314 e. The van der Waals surface area contributed by atoms with Crippen molar-refractivity contribution in [1.29, 1.82) is 0 Å². The molecule has 0 amide bonds. The second-order valence-corrected chi connectivity index (χ2v) is 5.85. The first-order valence-electron chi connectivity index (χ1n) is 6.57. The molecule has 1 aliphatic rings. The molecule has 0 radical (unpaired) electrons. The highest BCUT2D eigenvalue weighted by Crippen LogP contribution is 2.23. The minimum Gasteiger partial charge on any atom is -0.314 e. The fourth-order valence-corrected chi connectivity index (χ4v) is 3.19. The summed E-state index contributed by atoms with van der Waals surface area (Å²) in [5.74, 6) is 0.119. The zero-order chi connectivity index (χ0) is 12.8. The van der Waals surface area contributed by atoms with Crippen LogP contribution in [0.4, 0.5) is 8.78 Å². The lowest BCUT2D eigenvalue weighted by atomic mass is 10.2. The van der Waals surface area contributed by atoms with E-state index < -0.39 is 0 Å². The fourth-order valence-electron chi connectivity index (χ4n) is 2.28. The molecule has 0 saturated heterocycles. The minimum absolute atomic E-state index is 0.329. The molecular weight excluding hydrogens is 252 g/mol. The number of benzene rings is 1. The van der Waals surface area contributed by atoms with Crippen LogP contribution in [0.15, 0.2) is 23.1 Å². The topological polar surface area (TPSA) is 12.0 Å². The molecule has 100 valence electrons. The number of rotatable bonds is 6. The van der Waals surface area contributed by atoms with Crippen LogP contribution in [-0.2, 0) is 0 Å². The molecule has 1 aromatic rings. The van der Waals surface area contributed by atoms with Crippen molar-refractivity contribution >= 4 is 11.8 Å². The van der Waals surface area contributed by atoms with E-state index in [-0.39, 0.29) is 11.6 Å². The van der Waals surface area contributed by atoms with Gasteiger partial charge in [0.15, 0.2) is 0 Å². The van der Waals surface area contributed by atoms with Crippen molar-refractivity contribution in [2.75, 3.05) is 12.3 Å². The summed E-state index contributed by atoms with van der Waals surface area (Å²) in [4.78, 5) is 0.413.